The molecule has 0 aliphatic carbocycles. The van der Waals surface area contributed by atoms with Crippen molar-refractivity contribution in [1.82, 2.24) is 9.97 Å². The van der Waals surface area contributed by atoms with Crippen LogP contribution < -0.4 is 9.80 Å². The highest BCUT2D eigenvalue weighted by Crippen LogP contribution is 2.44. The zero-order valence-electron chi connectivity index (χ0n) is 27.7. The van der Waals surface area contributed by atoms with Crippen LogP contribution in [0.2, 0.25) is 0 Å². The summed E-state index contributed by atoms with van der Waals surface area (Å²) in [6, 6.07) is 16.0. The van der Waals surface area contributed by atoms with Gasteiger partial charge in [-0.1, -0.05) is 41.7 Å². The number of alkyl halides is 6. The number of anilines is 2. The highest BCUT2D eigenvalue weighted by atomic mass is 32.2. The molecule has 2 aliphatic rings. The molecule has 4 amide bonds. The zero-order valence-corrected chi connectivity index (χ0v) is 31.0. The van der Waals surface area contributed by atoms with Gasteiger partial charge < -0.3 is 0 Å². The first-order valence-corrected chi connectivity index (χ1v) is 19.4. The summed E-state index contributed by atoms with van der Waals surface area (Å²) < 4.78 is 84.4. The third-order valence-electron chi connectivity index (χ3n) is 8.42. The number of nitrogens with zero attached hydrogens (tertiary/aromatic N) is 6. The van der Waals surface area contributed by atoms with Crippen molar-refractivity contribution in [2.45, 2.75) is 45.7 Å². The van der Waals surface area contributed by atoms with Crippen LogP contribution in [-0.4, -0.2) is 44.1 Å². The number of amides is 4. The van der Waals surface area contributed by atoms with Crippen LogP contribution in [-0.2, 0) is 31.5 Å². The van der Waals surface area contributed by atoms with Gasteiger partial charge in [-0.3, -0.25) is 19.2 Å². The molecule has 2 aliphatic heterocycles. The van der Waals surface area contributed by atoms with E-state index in [4.69, 9.17) is 0 Å². The van der Waals surface area contributed by atoms with Crippen molar-refractivity contribution in [2.75, 3.05) is 9.80 Å². The van der Waals surface area contributed by atoms with Gasteiger partial charge in [0.15, 0.2) is 0 Å². The minimum Gasteiger partial charge on any atom is -0.274 e. The number of imide groups is 2. The Hall–Kier alpha value is -5.54. The molecule has 2 saturated heterocycles. The molecule has 5 aromatic rings. The highest BCUT2D eigenvalue weighted by molar-refractivity contribution is 8.01. The third-order valence-corrected chi connectivity index (χ3v) is 12.5. The maximum atomic E-state index is 14.1. The summed E-state index contributed by atoms with van der Waals surface area (Å²) >= 11 is 3.29. The zero-order chi connectivity index (χ0) is 40.1. The van der Waals surface area contributed by atoms with E-state index in [1.807, 2.05) is 0 Å². The second-order valence-corrected chi connectivity index (χ2v) is 16.2. The first-order valence-electron chi connectivity index (χ1n) is 15.9. The van der Waals surface area contributed by atoms with Crippen molar-refractivity contribution in [2.24, 2.45) is 0 Å². The molecule has 20 heteroatoms. The smallest absolute Gasteiger partial charge is 0.274 e. The van der Waals surface area contributed by atoms with Gasteiger partial charge in [-0.2, -0.15) is 36.9 Å². The number of carbonyl (C=O) groups excluding carboxylic acids is 4. The molecule has 2 fully saturated rings. The Balaban J connectivity index is 1.15. The van der Waals surface area contributed by atoms with Crippen LogP contribution in [0, 0.1) is 22.7 Å². The number of pyridine rings is 2. The summed E-state index contributed by atoms with van der Waals surface area (Å²) in [6.07, 6.45) is -10.8. The standard InChI is InChI=1S/C36H18F6N6O4S4/c37-35(38,39)21-11-23(25-6-2-8-53-25)45-31(19(21)15-43)55-27-13-29(49)47(33(27)51)17-4-1-5-18(10-17)48-30(50)14-28(34(48)52)56-32-20(16-44)22(36(40,41)42)12-24(46-32)26-7-3-9-54-26/h1-12,27-28H,13-14H2/t27-,28+. The first-order chi connectivity index (χ1) is 26.6. The van der Waals surface area contributed by atoms with Gasteiger partial charge in [-0.15, -0.1) is 22.7 Å². The number of rotatable bonds is 8. The van der Waals surface area contributed by atoms with E-state index in [1.165, 1.54) is 48.5 Å². The number of hydrogen-bond acceptors (Lipinski definition) is 12. The molecule has 0 spiro atoms. The summed E-state index contributed by atoms with van der Waals surface area (Å²) in [5, 5.41) is 19.3. The summed E-state index contributed by atoms with van der Waals surface area (Å²) in [4.78, 5) is 64.7. The summed E-state index contributed by atoms with van der Waals surface area (Å²) in [5.41, 5.74) is -4.46. The Morgan fingerprint density at radius 3 is 1.39 bits per heavy atom. The van der Waals surface area contributed by atoms with E-state index in [0.717, 1.165) is 44.6 Å². The maximum absolute atomic E-state index is 14.1. The lowest BCUT2D eigenvalue weighted by Gasteiger charge is -2.20. The Labute approximate surface area is 328 Å². The lowest BCUT2D eigenvalue weighted by molar-refractivity contribution is -0.138. The molecule has 4 aromatic heterocycles. The molecule has 0 saturated carbocycles. The molecule has 0 unspecified atom stereocenters. The van der Waals surface area contributed by atoms with Crippen molar-refractivity contribution >= 4 is 81.2 Å². The van der Waals surface area contributed by atoms with Crippen molar-refractivity contribution in [3.8, 4) is 33.3 Å². The molecule has 1 aromatic carbocycles. The molecule has 0 N–H and O–H groups in total. The molecule has 2 atom stereocenters. The summed E-state index contributed by atoms with van der Waals surface area (Å²) in [5.74, 6) is -3.23. The van der Waals surface area contributed by atoms with Crippen LogP contribution in [0.3, 0.4) is 0 Å². The fraction of sp³-hybridized carbons (Fsp3) is 0.167. The first kappa shape index (κ1) is 38.7. The van der Waals surface area contributed by atoms with Gasteiger partial charge in [0, 0.05) is 12.8 Å². The van der Waals surface area contributed by atoms with Crippen LogP contribution in [0.4, 0.5) is 37.7 Å². The average Bonchev–Trinajstić information content (AvgIpc) is 3.96. The Kier molecular flexibility index (Phi) is 10.3. The maximum Gasteiger partial charge on any atom is 0.417 e. The number of hydrogen-bond donors (Lipinski definition) is 0. The number of benzene rings is 1. The van der Waals surface area contributed by atoms with E-state index in [2.05, 4.69) is 9.97 Å². The average molecular weight is 841 g/mol. The molecular formula is C36H18F6N6O4S4. The van der Waals surface area contributed by atoms with Gasteiger partial charge >= 0.3 is 12.4 Å². The number of halogens is 6. The fourth-order valence-corrected chi connectivity index (χ4v) is 9.58. The number of thioether (sulfide) groups is 2. The minimum absolute atomic E-state index is 0.0813. The van der Waals surface area contributed by atoms with Gasteiger partial charge in [-0.05, 0) is 53.2 Å². The second-order valence-electron chi connectivity index (χ2n) is 11.9. The van der Waals surface area contributed by atoms with Gasteiger partial charge in [0.25, 0.3) is 0 Å². The van der Waals surface area contributed by atoms with E-state index in [0.29, 0.717) is 33.3 Å². The second kappa shape index (κ2) is 14.8. The largest absolute Gasteiger partial charge is 0.417 e. The van der Waals surface area contributed by atoms with Crippen molar-refractivity contribution in [3.63, 3.8) is 0 Å². The molecule has 56 heavy (non-hydrogen) atoms. The number of carbonyl (C=O) groups is 4. The lowest BCUT2D eigenvalue weighted by atomic mass is 10.1. The van der Waals surface area contributed by atoms with Gasteiger partial charge in [0.1, 0.15) is 22.2 Å². The van der Waals surface area contributed by atoms with Crippen LogP contribution in [0.5, 0.6) is 0 Å². The van der Waals surface area contributed by atoms with E-state index >= 15 is 0 Å². The highest BCUT2D eigenvalue weighted by Gasteiger charge is 2.45. The molecule has 7 rings (SSSR count). The van der Waals surface area contributed by atoms with E-state index in [9.17, 15) is 56.0 Å². The SMILES string of the molecule is N#Cc1c(C(F)(F)F)cc(-c2cccs2)nc1S[C@H]1CC(=O)N(c2cccc(N3C(=O)C[C@@H](Sc4nc(-c5cccs5)cc(C(F)(F)F)c4C#N)C3=O)c2)C1=O. The van der Waals surface area contributed by atoms with Crippen LogP contribution in [0.15, 0.2) is 81.5 Å². The van der Waals surface area contributed by atoms with Crippen molar-refractivity contribution in [1.29, 1.82) is 10.5 Å². The van der Waals surface area contributed by atoms with Gasteiger partial charge in [0.2, 0.25) is 23.6 Å². The Morgan fingerprint density at radius 2 is 1.05 bits per heavy atom. The third kappa shape index (κ3) is 7.28. The predicted octanol–water partition coefficient (Wildman–Crippen LogP) is 8.56. The molecular weight excluding hydrogens is 823 g/mol. The fourth-order valence-electron chi connectivity index (χ4n) is 5.95. The van der Waals surface area contributed by atoms with E-state index in [-0.39, 0.29) is 22.8 Å². The molecule has 10 nitrogen and oxygen atoms in total. The quantitative estimate of drug-likeness (QED) is 0.110. The van der Waals surface area contributed by atoms with Gasteiger partial charge in [-0.25, -0.2) is 19.8 Å². The normalized spacial score (nSPS) is 17.5. The van der Waals surface area contributed by atoms with E-state index < -0.39 is 91.6 Å². The topological polar surface area (TPSA) is 148 Å². The number of aromatic nitrogens is 2. The Morgan fingerprint density at radius 1 is 0.643 bits per heavy atom. The molecule has 6 heterocycles. The van der Waals surface area contributed by atoms with Gasteiger partial charge in [0.05, 0.1) is 65.3 Å². The number of nitriles is 2. The van der Waals surface area contributed by atoms with Crippen molar-refractivity contribution < 1.29 is 45.5 Å². The minimum atomic E-state index is -4.94. The summed E-state index contributed by atoms with van der Waals surface area (Å²) in [7, 11) is 0. The van der Waals surface area contributed by atoms with E-state index in [1.54, 1.807) is 22.9 Å². The lowest BCUT2D eigenvalue weighted by Crippen LogP contribution is -2.33. The van der Waals surface area contributed by atoms with Crippen LogP contribution in [0.1, 0.15) is 35.1 Å². The van der Waals surface area contributed by atoms with Crippen LogP contribution >= 0.6 is 46.2 Å². The predicted molar refractivity (Wildman–Crippen MR) is 194 cm³/mol. The molecule has 282 valence electrons. The van der Waals surface area contributed by atoms with Crippen molar-refractivity contribution in [3.05, 3.63) is 93.7 Å². The molecule has 0 bridgehead atoms. The molecule has 0 radical (unpaired) electrons. The van der Waals surface area contributed by atoms with Crippen LogP contribution in [0.25, 0.3) is 21.1 Å². The Bertz CT molecular complexity index is 2340. The summed E-state index contributed by atoms with van der Waals surface area (Å²) in [6.45, 7) is 0. The number of thiophene rings is 2. The monoisotopic (exact) mass is 840 g/mol.